The third-order valence-corrected chi connectivity index (χ3v) is 3.25. The van der Waals surface area contributed by atoms with Gasteiger partial charge in [-0.2, -0.15) is 0 Å². The Kier molecular flexibility index (Phi) is 3.41. The molecule has 1 heterocycles. The van der Waals surface area contributed by atoms with Gasteiger partial charge in [0.15, 0.2) is 0 Å². The molecule has 0 saturated heterocycles. The lowest BCUT2D eigenvalue weighted by Crippen LogP contribution is -2.09. The summed E-state index contributed by atoms with van der Waals surface area (Å²) in [5, 5.41) is 10.3. The quantitative estimate of drug-likeness (QED) is 0.939. The van der Waals surface area contributed by atoms with E-state index in [1.54, 1.807) is 6.20 Å². The molecule has 2 rings (SSSR count). The highest BCUT2D eigenvalue weighted by atomic mass is 79.9. The van der Waals surface area contributed by atoms with Crippen LogP contribution < -0.4 is 0 Å². The molecule has 1 unspecified atom stereocenters. The second-order valence-corrected chi connectivity index (χ2v) is 4.35. The van der Waals surface area contributed by atoms with Gasteiger partial charge < -0.3 is 9.67 Å². The number of aromatic nitrogens is 2. The van der Waals surface area contributed by atoms with Crippen molar-refractivity contribution >= 4 is 15.9 Å². The second kappa shape index (κ2) is 4.80. The van der Waals surface area contributed by atoms with Gasteiger partial charge >= 0.3 is 0 Å². The van der Waals surface area contributed by atoms with E-state index in [1.165, 1.54) is 0 Å². The van der Waals surface area contributed by atoms with Gasteiger partial charge in [-0.05, 0) is 13.0 Å². The third-order valence-electron chi connectivity index (χ3n) is 2.53. The maximum absolute atomic E-state index is 10.3. The van der Waals surface area contributed by atoms with Crippen LogP contribution in [0.2, 0.25) is 0 Å². The molecule has 1 N–H and O–H groups in total. The van der Waals surface area contributed by atoms with E-state index in [1.807, 2.05) is 42.0 Å². The summed E-state index contributed by atoms with van der Waals surface area (Å²) in [5.41, 5.74) is 0.836. The molecule has 1 atom stereocenters. The van der Waals surface area contributed by atoms with Crippen LogP contribution in [0.25, 0.3) is 0 Å². The molecule has 4 heteroatoms. The normalized spacial score (nSPS) is 12.7. The summed E-state index contributed by atoms with van der Waals surface area (Å²) in [7, 11) is 0. The Morgan fingerprint density at radius 1 is 1.44 bits per heavy atom. The fraction of sp³-hybridized carbons (Fsp3) is 0.250. The van der Waals surface area contributed by atoms with Crippen LogP contribution in [0.3, 0.4) is 0 Å². The van der Waals surface area contributed by atoms with E-state index in [9.17, 15) is 5.11 Å². The van der Waals surface area contributed by atoms with E-state index in [0.717, 1.165) is 16.6 Å². The monoisotopic (exact) mass is 280 g/mol. The Balaban J connectivity index is 2.39. The zero-order valence-electron chi connectivity index (χ0n) is 8.97. The molecular weight excluding hydrogens is 268 g/mol. The summed E-state index contributed by atoms with van der Waals surface area (Å²) < 4.78 is 2.83. The highest BCUT2D eigenvalue weighted by molar-refractivity contribution is 9.10. The minimum absolute atomic E-state index is 0.675. The first-order valence-electron chi connectivity index (χ1n) is 5.17. The molecule has 0 fully saturated rings. The number of aliphatic hydroxyl groups excluding tert-OH is 1. The molecule has 0 radical (unpaired) electrons. The maximum Gasteiger partial charge on any atom is 0.142 e. The topological polar surface area (TPSA) is 38.0 Å². The number of hydrogen-bond acceptors (Lipinski definition) is 2. The van der Waals surface area contributed by atoms with Gasteiger partial charge in [-0.3, -0.25) is 0 Å². The van der Waals surface area contributed by atoms with Gasteiger partial charge in [0.05, 0.1) is 0 Å². The molecule has 0 spiro atoms. The SMILES string of the molecule is CCn1ccnc1C(O)c1ccccc1Br. The third kappa shape index (κ3) is 2.03. The van der Waals surface area contributed by atoms with E-state index in [-0.39, 0.29) is 0 Å². The summed E-state index contributed by atoms with van der Waals surface area (Å²) in [4.78, 5) is 4.20. The molecule has 16 heavy (non-hydrogen) atoms. The van der Waals surface area contributed by atoms with Gasteiger partial charge in [0.25, 0.3) is 0 Å². The fourth-order valence-corrected chi connectivity index (χ4v) is 2.17. The van der Waals surface area contributed by atoms with Crippen LogP contribution in [0.5, 0.6) is 0 Å². The summed E-state index contributed by atoms with van der Waals surface area (Å²) in [5.74, 6) is 0.675. The van der Waals surface area contributed by atoms with Crippen molar-refractivity contribution in [3.8, 4) is 0 Å². The highest BCUT2D eigenvalue weighted by Crippen LogP contribution is 2.27. The number of nitrogens with zero attached hydrogens (tertiary/aromatic N) is 2. The Labute approximate surface area is 103 Å². The van der Waals surface area contributed by atoms with Crippen molar-refractivity contribution in [1.82, 2.24) is 9.55 Å². The summed E-state index contributed by atoms with van der Waals surface area (Å²) in [6.45, 7) is 2.83. The van der Waals surface area contributed by atoms with Crippen LogP contribution in [-0.2, 0) is 6.54 Å². The van der Waals surface area contributed by atoms with Crippen molar-refractivity contribution in [3.05, 3.63) is 52.5 Å². The van der Waals surface area contributed by atoms with Crippen molar-refractivity contribution in [2.24, 2.45) is 0 Å². The molecule has 1 aromatic heterocycles. The van der Waals surface area contributed by atoms with Gasteiger partial charge in [0.2, 0.25) is 0 Å². The van der Waals surface area contributed by atoms with Crippen LogP contribution in [0.1, 0.15) is 24.4 Å². The minimum atomic E-state index is -0.689. The summed E-state index contributed by atoms with van der Waals surface area (Å²) >= 11 is 3.43. The minimum Gasteiger partial charge on any atom is -0.380 e. The number of aliphatic hydroxyl groups is 1. The van der Waals surface area contributed by atoms with Crippen LogP contribution >= 0.6 is 15.9 Å². The largest absolute Gasteiger partial charge is 0.380 e. The highest BCUT2D eigenvalue weighted by Gasteiger charge is 2.17. The van der Waals surface area contributed by atoms with Crippen LogP contribution in [0, 0.1) is 0 Å². The molecule has 0 bridgehead atoms. The smallest absolute Gasteiger partial charge is 0.142 e. The first-order valence-corrected chi connectivity index (χ1v) is 5.97. The summed E-state index contributed by atoms with van der Waals surface area (Å²) in [6, 6.07) is 7.64. The lowest BCUT2D eigenvalue weighted by molar-refractivity contribution is 0.204. The summed E-state index contributed by atoms with van der Waals surface area (Å²) in [6.07, 6.45) is 2.89. The molecule has 3 nitrogen and oxygen atoms in total. The van der Waals surface area contributed by atoms with Crippen molar-refractivity contribution in [2.45, 2.75) is 19.6 Å². The van der Waals surface area contributed by atoms with Gasteiger partial charge in [0, 0.05) is 29.0 Å². The Bertz CT molecular complexity index is 481. The number of benzene rings is 1. The van der Waals surface area contributed by atoms with E-state index in [2.05, 4.69) is 20.9 Å². The van der Waals surface area contributed by atoms with Gasteiger partial charge in [-0.1, -0.05) is 34.1 Å². The van der Waals surface area contributed by atoms with Crippen molar-refractivity contribution in [1.29, 1.82) is 0 Å². The van der Waals surface area contributed by atoms with Crippen LogP contribution in [0.4, 0.5) is 0 Å². The molecular formula is C12H13BrN2O. The number of rotatable bonds is 3. The van der Waals surface area contributed by atoms with E-state index in [4.69, 9.17) is 0 Å². The molecule has 0 aliphatic carbocycles. The molecule has 0 amide bonds. The standard InChI is InChI=1S/C12H13BrN2O/c1-2-15-8-7-14-12(15)11(16)9-5-3-4-6-10(9)13/h3-8,11,16H,2H2,1H3. The van der Waals surface area contributed by atoms with Crippen LogP contribution in [-0.4, -0.2) is 14.7 Å². The molecule has 0 saturated carbocycles. The number of aryl methyl sites for hydroxylation is 1. The predicted octanol–water partition coefficient (Wildman–Crippen LogP) is 2.75. The van der Waals surface area contributed by atoms with Crippen molar-refractivity contribution in [2.75, 3.05) is 0 Å². The van der Waals surface area contributed by atoms with E-state index < -0.39 is 6.10 Å². The van der Waals surface area contributed by atoms with Crippen LogP contribution in [0.15, 0.2) is 41.1 Å². The van der Waals surface area contributed by atoms with Crippen molar-refractivity contribution < 1.29 is 5.11 Å². The number of hydrogen-bond donors (Lipinski definition) is 1. The Morgan fingerprint density at radius 2 is 2.19 bits per heavy atom. The molecule has 2 aromatic rings. The molecule has 84 valence electrons. The first-order chi connectivity index (χ1) is 7.74. The average Bonchev–Trinajstić information content (AvgIpc) is 2.77. The molecule has 0 aliphatic rings. The Morgan fingerprint density at radius 3 is 2.88 bits per heavy atom. The zero-order chi connectivity index (χ0) is 11.5. The van der Waals surface area contributed by atoms with Gasteiger partial charge in [-0.25, -0.2) is 4.98 Å². The molecule has 0 aliphatic heterocycles. The van der Waals surface area contributed by atoms with Gasteiger partial charge in [-0.15, -0.1) is 0 Å². The lowest BCUT2D eigenvalue weighted by Gasteiger charge is -2.13. The number of imidazole rings is 1. The number of halogens is 1. The second-order valence-electron chi connectivity index (χ2n) is 3.50. The fourth-order valence-electron chi connectivity index (χ4n) is 1.67. The van der Waals surface area contributed by atoms with Gasteiger partial charge in [0.1, 0.15) is 11.9 Å². The average molecular weight is 281 g/mol. The van der Waals surface area contributed by atoms with Crippen molar-refractivity contribution in [3.63, 3.8) is 0 Å². The predicted molar refractivity (Wildman–Crippen MR) is 66.1 cm³/mol. The first kappa shape index (κ1) is 11.4. The molecule has 1 aromatic carbocycles. The van der Waals surface area contributed by atoms with E-state index in [0.29, 0.717) is 5.82 Å². The zero-order valence-corrected chi connectivity index (χ0v) is 10.6. The Hall–Kier alpha value is -1.13. The lowest BCUT2D eigenvalue weighted by atomic mass is 10.1. The maximum atomic E-state index is 10.3. The van der Waals surface area contributed by atoms with E-state index >= 15 is 0 Å².